The zero-order valence-corrected chi connectivity index (χ0v) is 9.66. The molecule has 0 bridgehead atoms. The lowest BCUT2D eigenvalue weighted by atomic mass is 10.1. The third-order valence-electron chi connectivity index (χ3n) is 2.51. The van der Waals surface area contributed by atoms with Gasteiger partial charge in [-0.15, -0.1) is 0 Å². The lowest BCUT2D eigenvalue weighted by Gasteiger charge is -2.13. The lowest BCUT2D eigenvalue weighted by molar-refractivity contribution is 0.104. The first-order valence-corrected chi connectivity index (χ1v) is 6.00. The van der Waals surface area contributed by atoms with Crippen LogP contribution >= 0.6 is 15.9 Å². The first kappa shape index (κ1) is 10.2. The molecule has 0 aromatic carbocycles. The van der Waals surface area contributed by atoms with Crippen molar-refractivity contribution in [3.05, 3.63) is 18.2 Å². The smallest absolute Gasteiger partial charge is 0.107 e. The van der Waals surface area contributed by atoms with E-state index in [1.54, 1.807) is 6.20 Å². The Hall–Kier alpha value is -0.350. The van der Waals surface area contributed by atoms with Gasteiger partial charge in [-0.3, -0.25) is 0 Å². The molecule has 0 aliphatic carbocycles. The molecule has 2 atom stereocenters. The quantitative estimate of drug-likeness (QED) is 0.842. The van der Waals surface area contributed by atoms with Gasteiger partial charge in [0.25, 0.3) is 0 Å². The fourth-order valence-corrected chi connectivity index (χ4v) is 2.54. The Kier molecular flexibility index (Phi) is 3.59. The van der Waals surface area contributed by atoms with Crippen LogP contribution in [0, 0.1) is 0 Å². The topological polar surface area (TPSA) is 37.9 Å². The summed E-state index contributed by atoms with van der Waals surface area (Å²) in [5.41, 5.74) is 0. The Morgan fingerprint density at radius 3 is 3.29 bits per heavy atom. The van der Waals surface area contributed by atoms with Gasteiger partial charge in [-0.05, 0) is 19.3 Å². The number of ether oxygens (including phenoxy) is 1. The van der Waals surface area contributed by atoms with E-state index in [2.05, 4.69) is 25.9 Å². The summed E-state index contributed by atoms with van der Waals surface area (Å²) in [5.74, 6) is 1.05. The number of halogens is 1. The second kappa shape index (κ2) is 4.94. The van der Waals surface area contributed by atoms with Gasteiger partial charge < -0.3 is 9.72 Å². The van der Waals surface area contributed by atoms with Crippen LogP contribution in [0.4, 0.5) is 0 Å². The van der Waals surface area contributed by atoms with Crippen molar-refractivity contribution < 1.29 is 4.74 Å². The third kappa shape index (κ3) is 2.82. The molecule has 1 aromatic heterocycles. The second-order valence-corrected chi connectivity index (χ2v) is 5.00. The highest BCUT2D eigenvalue weighted by molar-refractivity contribution is 9.09. The first-order chi connectivity index (χ1) is 6.84. The van der Waals surface area contributed by atoms with Gasteiger partial charge in [0.1, 0.15) is 5.82 Å². The Bertz CT molecular complexity index is 257. The summed E-state index contributed by atoms with van der Waals surface area (Å²) in [7, 11) is 0. The molecule has 1 aliphatic rings. The minimum absolute atomic E-state index is 0.453. The Balaban J connectivity index is 1.75. The van der Waals surface area contributed by atoms with Crippen LogP contribution < -0.4 is 0 Å². The van der Waals surface area contributed by atoms with E-state index in [9.17, 15) is 0 Å². The van der Waals surface area contributed by atoms with Gasteiger partial charge in [0.15, 0.2) is 0 Å². The molecular formula is C10H15BrN2O. The maximum Gasteiger partial charge on any atom is 0.107 e. The largest absolute Gasteiger partial charge is 0.378 e. The molecule has 0 radical (unpaired) electrons. The molecule has 0 spiro atoms. The predicted molar refractivity (Wildman–Crippen MR) is 58.6 cm³/mol. The van der Waals surface area contributed by atoms with Crippen molar-refractivity contribution in [3.8, 4) is 0 Å². The molecule has 4 heteroatoms. The Morgan fingerprint density at radius 1 is 1.71 bits per heavy atom. The first-order valence-electron chi connectivity index (χ1n) is 5.08. The van der Waals surface area contributed by atoms with E-state index in [4.69, 9.17) is 4.74 Å². The summed E-state index contributed by atoms with van der Waals surface area (Å²) >= 11 is 3.67. The summed E-state index contributed by atoms with van der Waals surface area (Å²) in [6, 6.07) is 0. The van der Waals surface area contributed by atoms with Gasteiger partial charge in [0.05, 0.1) is 6.10 Å². The van der Waals surface area contributed by atoms with Crippen molar-refractivity contribution in [2.45, 2.75) is 36.6 Å². The summed E-state index contributed by atoms with van der Waals surface area (Å²) in [5, 5.41) is 0. The van der Waals surface area contributed by atoms with Crippen LogP contribution in [-0.4, -0.2) is 27.5 Å². The van der Waals surface area contributed by atoms with Crippen molar-refractivity contribution in [2.75, 3.05) is 6.61 Å². The number of aromatic nitrogens is 2. The molecule has 2 rings (SSSR count). The lowest BCUT2D eigenvalue weighted by Crippen LogP contribution is -2.14. The molecule has 2 unspecified atom stereocenters. The van der Waals surface area contributed by atoms with Crippen LogP contribution in [-0.2, 0) is 11.2 Å². The number of nitrogens with one attached hydrogen (secondary N) is 1. The Morgan fingerprint density at radius 2 is 2.64 bits per heavy atom. The van der Waals surface area contributed by atoms with Gasteiger partial charge in [-0.1, -0.05) is 15.9 Å². The van der Waals surface area contributed by atoms with Gasteiger partial charge >= 0.3 is 0 Å². The van der Waals surface area contributed by atoms with Crippen LogP contribution in [0.1, 0.15) is 25.1 Å². The van der Waals surface area contributed by atoms with E-state index in [-0.39, 0.29) is 0 Å². The molecule has 14 heavy (non-hydrogen) atoms. The molecule has 2 heterocycles. The number of nitrogens with zero attached hydrogens (tertiary/aromatic N) is 1. The second-order valence-electron chi connectivity index (χ2n) is 3.71. The van der Waals surface area contributed by atoms with Gasteiger partial charge in [-0.2, -0.15) is 0 Å². The maximum atomic E-state index is 5.58. The monoisotopic (exact) mass is 258 g/mol. The number of alkyl halides is 1. The van der Waals surface area contributed by atoms with Crippen molar-refractivity contribution in [1.29, 1.82) is 0 Å². The van der Waals surface area contributed by atoms with Gasteiger partial charge in [-0.25, -0.2) is 4.98 Å². The average Bonchev–Trinajstić information content (AvgIpc) is 2.76. The van der Waals surface area contributed by atoms with Crippen LogP contribution in [0.25, 0.3) is 0 Å². The molecule has 1 fully saturated rings. The molecule has 1 aromatic rings. The number of H-pyrrole nitrogens is 1. The summed E-state index contributed by atoms with van der Waals surface area (Å²) in [6.07, 6.45) is 8.57. The summed E-state index contributed by atoms with van der Waals surface area (Å²) in [6.45, 7) is 0.936. The molecule has 78 valence electrons. The molecule has 1 saturated heterocycles. The molecule has 3 nitrogen and oxygen atoms in total. The van der Waals surface area contributed by atoms with Crippen LogP contribution in [0.2, 0.25) is 0 Å². The van der Waals surface area contributed by atoms with E-state index in [1.807, 2.05) is 6.20 Å². The highest BCUT2D eigenvalue weighted by Gasteiger charge is 2.19. The molecule has 0 saturated carbocycles. The van der Waals surface area contributed by atoms with Crippen LogP contribution in [0.5, 0.6) is 0 Å². The zero-order valence-electron chi connectivity index (χ0n) is 8.08. The minimum atomic E-state index is 0.453. The predicted octanol–water partition coefficient (Wildman–Crippen LogP) is 2.28. The van der Waals surface area contributed by atoms with Crippen molar-refractivity contribution in [3.63, 3.8) is 0 Å². The number of rotatable bonds is 4. The number of hydrogen-bond donors (Lipinski definition) is 1. The van der Waals surface area contributed by atoms with E-state index >= 15 is 0 Å². The molecule has 1 aliphatic heterocycles. The number of aromatic amines is 1. The van der Waals surface area contributed by atoms with Crippen molar-refractivity contribution in [2.24, 2.45) is 0 Å². The van der Waals surface area contributed by atoms with Crippen LogP contribution in [0.3, 0.4) is 0 Å². The van der Waals surface area contributed by atoms with E-state index in [0.717, 1.165) is 25.3 Å². The number of imidazole rings is 1. The zero-order chi connectivity index (χ0) is 9.80. The fourth-order valence-electron chi connectivity index (χ4n) is 1.82. The van der Waals surface area contributed by atoms with E-state index < -0.39 is 0 Å². The van der Waals surface area contributed by atoms with Gasteiger partial charge in [0.2, 0.25) is 0 Å². The fraction of sp³-hybridized carbons (Fsp3) is 0.700. The van der Waals surface area contributed by atoms with E-state index in [0.29, 0.717) is 10.9 Å². The van der Waals surface area contributed by atoms with E-state index in [1.165, 1.54) is 12.8 Å². The summed E-state index contributed by atoms with van der Waals surface area (Å²) < 4.78 is 5.58. The maximum absolute atomic E-state index is 5.58. The van der Waals surface area contributed by atoms with Crippen molar-refractivity contribution in [1.82, 2.24) is 9.97 Å². The highest BCUT2D eigenvalue weighted by Crippen LogP contribution is 2.21. The normalized spacial score (nSPS) is 23.9. The minimum Gasteiger partial charge on any atom is -0.378 e. The Labute approximate surface area is 92.4 Å². The average molecular weight is 259 g/mol. The molecular weight excluding hydrogens is 244 g/mol. The number of hydrogen-bond acceptors (Lipinski definition) is 2. The molecule has 0 amide bonds. The van der Waals surface area contributed by atoms with Crippen LogP contribution in [0.15, 0.2) is 12.4 Å². The molecule has 1 N–H and O–H groups in total. The third-order valence-corrected chi connectivity index (χ3v) is 3.21. The standard InChI is InChI=1S/C10H15BrN2O/c11-8(6-9-2-1-5-14-9)7-10-12-3-4-13-10/h3-4,8-9H,1-2,5-7H2,(H,12,13). The highest BCUT2D eigenvalue weighted by atomic mass is 79.9. The van der Waals surface area contributed by atoms with Gasteiger partial charge in [0, 0.05) is 30.2 Å². The van der Waals surface area contributed by atoms with Crippen molar-refractivity contribution >= 4 is 15.9 Å². The SMILES string of the molecule is BrC(Cc1ncc[nH]1)CC1CCCO1. The summed E-state index contributed by atoms with van der Waals surface area (Å²) in [4.78, 5) is 7.78.